The Morgan fingerprint density at radius 1 is 0.580 bits per heavy atom. The number of hydrogen-bond acceptors (Lipinski definition) is 7. The minimum absolute atomic E-state index is 0.0781. The van der Waals surface area contributed by atoms with Crippen LogP contribution in [0.15, 0.2) is 24.3 Å². The van der Waals surface area contributed by atoms with E-state index in [4.69, 9.17) is 18.9 Å². The van der Waals surface area contributed by atoms with E-state index in [1.54, 1.807) is 0 Å². The molecule has 292 valence electrons. The molecular formula is C43H79NO6. The molecule has 0 unspecified atom stereocenters. The molecule has 0 aromatic rings. The Hall–Kier alpha value is -1.70. The van der Waals surface area contributed by atoms with E-state index in [0.717, 1.165) is 109 Å². The van der Waals surface area contributed by atoms with Gasteiger partial charge < -0.3 is 23.8 Å². The summed E-state index contributed by atoms with van der Waals surface area (Å²) in [5, 5.41) is 0. The van der Waals surface area contributed by atoms with Crippen molar-refractivity contribution in [1.82, 2.24) is 4.90 Å². The van der Waals surface area contributed by atoms with E-state index < -0.39 is 0 Å². The lowest BCUT2D eigenvalue weighted by Gasteiger charge is -2.19. The highest BCUT2D eigenvalue weighted by Gasteiger charge is 2.12. The van der Waals surface area contributed by atoms with E-state index in [1.807, 2.05) is 12.2 Å². The van der Waals surface area contributed by atoms with Crippen LogP contribution >= 0.6 is 0 Å². The first-order valence-electron chi connectivity index (χ1n) is 21.2. The number of esters is 2. The molecule has 0 bridgehead atoms. The second kappa shape index (κ2) is 37.1. The molecule has 1 rings (SSSR count). The van der Waals surface area contributed by atoms with Crippen molar-refractivity contribution in [2.75, 3.05) is 46.2 Å². The van der Waals surface area contributed by atoms with Crippen LogP contribution in [-0.2, 0) is 28.5 Å². The number of likely N-dealkylation sites (tertiary alicyclic amines) is 1. The Morgan fingerprint density at radius 3 is 1.58 bits per heavy atom. The Kier molecular flexibility index (Phi) is 34.3. The highest BCUT2D eigenvalue weighted by molar-refractivity contribution is 5.69. The summed E-state index contributed by atoms with van der Waals surface area (Å²) in [6.45, 7) is 10.0. The first-order chi connectivity index (χ1) is 24.7. The van der Waals surface area contributed by atoms with Crippen LogP contribution in [0.5, 0.6) is 0 Å². The monoisotopic (exact) mass is 706 g/mol. The van der Waals surface area contributed by atoms with Crippen LogP contribution in [-0.4, -0.2) is 69.2 Å². The third-order valence-corrected chi connectivity index (χ3v) is 9.63. The number of allylic oxidation sites excluding steroid dienone is 2. The van der Waals surface area contributed by atoms with Crippen LogP contribution in [0, 0.1) is 0 Å². The molecule has 0 amide bonds. The zero-order valence-electron chi connectivity index (χ0n) is 32.8. The summed E-state index contributed by atoms with van der Waals surface area (Å²) in [5.41, 5.74) is 0. The van der Waals surface area contributed by atoms with Crippen LogP contribution in [0.3, 0.4) is 0 Å². The lowest BCUT2D eigenvalue weighted by molar-refractivity contribution is -0.143. The first kappa shape index (κ1) is 46.3. The largest absolute Gasteiger partial charge is 0.461 e. The second-order valence-corrected chi connectivity index (χ2v) is 14.3. The van der Waals surface area contributed by atoms with Crippen molar-refractivity contribution in [1.29, 1.82) is 0 Å². The van der Waals surface area contributed by atoms with Gasteiger partial charge in [0.15, 0.2) is 0 Å². The van der Waals surface area contributed by atoms with E-state index in [2.05, 4.69) is 30.9 Å². The van der Waals surface area contributed by atoms with Crippen LogP contribution < -0.4 is 0 Å². The van der Waals surface area contributed by atoms with E-state index in [9.17, 15) is 9.59 Å². The quantitative estimate of drug-likeness (QED) is 0.0276. The van der Waals surface area contributed by atoms with E-state index in [0.29, 0.717) is 32.8 Å². The smallest absolute Gasteiger partial charge is 0.306 e. The summed E-state index contributed by atoms with van der Waals surface area (Å²) in [6, 6.07) is 0. The van der Waals surface area contributed by atoms with Crippen LogP contribution in [0.25, 0.3) is 0 Å². The van der Waals surface area contributed by atoms with Gasteiger partial charge in [-0.2, -0.15) is 0 Å². The normalized spacial score (nSPS) is 13.7. The SMILES string of the molecule is CCCCCC/C=C\COC(=O)CCCCCCCC(CCCCCCCC(=O)OC/C=C\CCCCCC)OCOCCCN1CCCC1. The van der Waals surface area contributed by atoms with Gasteiger partial charge in [0.2, 0.25) is 0 Å². The summed E-state index contributed by atoms with van der Waals surface area (Å²) in [7, 11) is 0. The lowest BCUT2D eigenvalue weighted by atomic mass is 10.0. The van der Waals surface area contributed by atoms with Gasteiger partial charge in [0.1, 0.15) is 20.0 Å². The Bertz CT molecular complexity index is 757. The molecule has 7 nitrogen and oxygen atoms in total. The minimum atomic E-state index is -0.0781. The first-order valence-corrected chi connectivity index (χ1v) is 21.2. The maximum absolute atomic E-state index is 12.0. The van der Waals surface area contributed by atoms with Gasteiger partial charge in [-0.25, -0.2) is 0 Å². The van der Waals surface area contributed by atoms with Crippen molar-refractivity contribution in [3.63, 3.8) is 0 Å². The summed E-state index contributed by atoms with van der Waals surface area (Å²) in [5.74, 6) is -0.156. The lowest BCUT2D eigenvalue weighted by Crippen LogP contribution is -2.22. The summed E-state index contributed by atoms with van der Waals surface area (Å²) in [4.78, 5) is 26.6. The second-order valence-electron chi connectivity index (χ2n) is 14.3. The zero-order chi connectivity index (χ0) is 36.0. The fourth-order valence-electron chi connectivity index (χ4n) is 6.43. The summed E-state index contributed by atoms with van der Waals surface area (Å²) in [6.07, 6.45) is 38.5. The zero-order valence-corrected chi connectivity index (χ0v) is 32.8. The predicted molar refractivity (Wildman–Crippen MR) is 208 cm³/mol. The van der Waals surface area contributed by atoms with Gasteiger partial charge in [-0.05, 0) is 83.7 Å². The van der Waals surface area contributed by atoms with Gasteiger partial charge in [0.25, 0.3) is 0 Å². The molecule has 1 fully saturated rings. The number of rotatable bonds is 37. The van der Waals surface area contributed by atoms with Gasteiger partial charge >= 0.3 is 11.9 Å². The molecule has 0 N–H and O–H groups in total. The topological polar surface area (TPSA) is 74.3 Å². The Morgan fingerprint density at radius 2 is 1.06 bits per heavy atom. The highest BCUT2D eigenvalue weighted by atomic mass is 16.7. The molecule has 0 aromatic carbocycles. The van der Waals surface area contributed by atoms with Gasteiger partial charge in [0, 0.05) is 19.4 Å². The van der Waals surface area contributed by atoms with Crippen molar-refractivity contribution in [2.45, 2.75) is 193 Å². The number of unbranched alkanes of at least 4 members (excludes halogenated alkanes) is 16. The standard InChI is InChI=1S/C43H79NO6/c1-3-5-7-9-11-19-27-38-48-42(45)32-23-17-13-15-21-30-41(50-40-47-37-29-36-44-34-25-26-35-44)31-22-16-14-18-24-33-43(46)49-39-28-20-12-10-8-6-4-2/h19-20,27-28,41H,3-18,21-26,29-40H2,1-2H3/b27-19-,28-20-. The number of hydrogen-bond donors (Lipinski definition) is 0. The maximum Gasteiger partial charge on any atom is 0.306 e. The molecule has 0 saturated carbocycles. The highest BCUT2D eigenvalue weighted by Crippen LogP contribution is 2.17. The van der Waals surface area contributed by atoms with Crippen molar-refractivity contribution in [2.24, 2.45) is 0 Å². The molecular weight excluding hydrogens is 626 g/mol. The van der Waals surface area contributed by atoms with Crippen LogP contribution in [0.4, 0.5) is 0 Å². The van der Waals surface area contributed by atoms with Crippen molar-refractivity contribution in [3.8, 4) is 0 Å². The minimum Gasteiger partial charge on any atom is -0.461 e. The number of ether oxygens (including phenoxy) is 4. The predicted octanol–water partition coefficient (Wildman–Crippen LogP) is 11.4. The molecule has 7 heteroatoms. The number of carbonyl (C=O) groups is 2. The van der Waals surface area contributed by atoms with Crippen LogP contribution in [0.2, 0.25) is 0 Å². The molecule has 0 aromatic heterocycles. The molecule has 0 aliphatic carbocycles. The molecule has 1 saturated heterocycles. The van der Waals surface area contributed by atoms with Crippen molar-refractivity contribution in [3.05, 3.63) is 24.3 Å². The summed E-state index contributed by atoms with van der Waals surface area (Å²) >= 11 is 0. The molecule has 1 aliphatic heterocycles. The van der Waals surface area contributed by atoms with Crippen LogP contribution in [0.1, 0.15) is 187 Å². The molecule has 0 radical (unpaired) electrons. The average Bonchev–Trinajstić information content (AvgIpc) is 3.64. The molecule has 50 heavy (non-hydrogen) atoms. The van der Waals surface area contributed by atoms with E-state index >= 15 is 0 Å². The molecule has 0 atom stereocenters. The third kappa shape index (κ3) is 32.2. The fraction of sp³-hybridized carbons (Fsp3) is 0.860. The van der Waals surface area contributed by atoms with E-state index in [-0.39, 0.29) is 18.0 Å². The maximum atomic E-state index is 12.0. The Balaban J connectivity index is 2.14. The van der Waals surface area contributed by atoms with Crippen molar-refractivity contribution >= 4 is 11.9 Å². The van der Waals surface area contributed by atoms with Gasteiger partial charge in [-0.15, -0.1) is 0 Å². The van der Waals surface area contributed by atoms with Gasteiger partial charge in [0.05, 0.1) is 12.7 Å². The fourth-order valence-corrected chi connectivity index (χ4v) is 6.43. The van der Waals surface area contributed by atoms with Gasteiger partial charge in [-0.3, -0.25) is 9.59 Å². The number of nitrogens with zero attached hydrogens (tertiary/aromatic N) is 1. The third-order valence-electron chi connectivity index (χ3n) is 9.63. The Labute approximate surface area is 308 Å². The molecule has 0 spiro atoms. The molecule has 1 heterocycles. The average molecular weight is 706 g/mol. The van der Waals surface area contributed by atoms with Gasteiger partial charge in [-0.1, -0.05) is 128 Å². The number of carbonyl (C=O) groups excluding carboxylic acids is 2. The summed E-state index contributed by atoms with van der Waals surface area (Å²) < 4.78 is 22.8. The van der Waals surface area contributed by atoms with Crippen molar-refractivity contribution < 1.29 is 28.5 Å². The molecule has 1 aliphatic rings. The van der Waals surface area contributed by atoms with E-state index in [1.165, 1.54) is 77.3 Å².